The summed E-state index contributed by atoms with van der Waals surface area (Å²) in [6, 6.07) is 0. The molecule has 2 amide bonds. The van der Waals surface area contributed by atoms with Crippen LogP contribution in [-0.4, -0.2) is 17.6 Å². The first kappa shape index (κ1) is 11.9. The number of carbonyl (C=O) groups excluding carboxylic acids is 3. The summed E-state index contributed by atoms with van der Waals surface area (Å²) < 4.78 is 0. The van der Waals surface area contributed by atoms with E-state index in [2.05, 4.69) is 5.32 Å². The van der Waals surface area contributed by atoms with Crippen LogP contribution in [0.5, 0.6) is 0 Å². The summed E-state index contributed by atoms with van der Waals surface area (Å²) in [6.07, 6.45) is 1.14. The van der Waals surface area contributed by atoms with E-state index in [0.29, 0.717) is 6.42 Å². The second kappa shape index (κ2) is 4.13. The number of nitrogens with one attached hydrogen (secondary N) is 1. The van der Waals surface area contributed by atoms with Gasteiger partial charge in [0.2, 0.25) is 11.8 Å². The van der Waals surface area contributed by atoms with Crippen LogP contribution in [0.2, 0.25) is 0 Å². The average molecular weight is 211 g/mol. The van der Waals surface area contributed by atoms with E-state index < -0.39 is 11.8 Å². The van der Waals surface area contributed by atoms with Crippen molar-refractivity contribution >= 4 is 17.6 Å². The molecule has 1 aliphatic heterocycles. The van der Waals surface area contributed by atoms with Crippen LogP contribution in [-0.2, 0) is 14.4 Å². The Hall–Kier alpha value is -1.19. The Bertz CT molecular complexity index is 301. The third-order valence-electron chi connectivity index (χ3n) is 2.48. The molecule has 1 unspecified atom stereocenters. The maximum Gasteiger partial charge on any atom is 0.237 e. The quantitative estimate of drug-likeness (QED) is 0.560. The Morgan fingerprint density at radius 3 is 2.40 bits per heavy atom. The van der Waals surface area contributed by atoms with Crippen molar-refractivity contribution in [1.29, 1.82) is 0 Å². The van der Waals surface area contributed by atoms with Gasteiger partial charge >= 0.3 is 0 Å². The molecule has 15 heavy (non-hydrogen) atoms. The molecule has 1 saturated heterocycles. The molecule has 1 atom stereocenters. The first-order valence-electron chi connectivity index (χ1n) is 5.16. The lowest BCUT2D eigenvalue weighted by atomic mass is 9.87. The Kier molecular flexibility index (Phi) is 3.27. The van der Waals surface area contributed by atoms with Gasteiger partial charge in [-0.1, -0.05) is 20.8 Å². The zero-order valence-corrected chi connectivity index (χ0v) is 9.42. The van der Waals surface area contributed by atoms with Crippen molar-refractivity contribution in [3.8, 4) is 0 Å². The van der Waals surface area contributed by atoms with Crippen molar-refractivity contribution < 1.29 is 14.4 Å². The standard InChI is InChI=1S/C11H17NO3/c1-11(2,3)5-4-8(13)7-6-9(14)12-10(7)15/h7H,4-6H2,1-3H3,(H,12,14,15). The van der Waals surface area contributed by atoms with Gasteiger partial charge in [0.15, 0.2) is 0 Å². The highest BCUT2D eigenvalue weighted by atomic mass is 16.2. The molecule has 84 valence electrons. The minimum Gasteiger partial charge on any atom is -0.299 e. The third-order valence-corrected chi connectivity index (χ3v) is 2.48. The largest absolute Gasteiger partial charge is 0.299 e. The van der Waals surface area contributed by atoms with Crippen molar-refractivity contribution in [3.63, 3.8) is 0 Å². The summed E-state index contributed by atoms with van der Waals surface area (Å²) in [4.78, 5) is 33.7. The Morgan fingerprint density at radius 2 is 2.00 bits per heavy atom. The van der Waals surface area contributed by atoms with Crippen molar-refractivity contribution in [2.75, 3.05) is 0 Å². The molecule has 1 heterocycles. The van der Waals surface area contributed by atoms with Crippen molar-refractivity contribution in [3.05, 3.63) is 0 Å². The number of carbonyl (C=O) groups is 3. The van der Waals surface area contributed by atoms with Gasteiger partial charge < -0.3 is 0 Å². The molecule has 4 heteroatoms. The first-order valence-corrected chi connectivity index (χ1v) is 5.16. The van der Waals surface area contributed by atoms with E-state index in [9.17, 15) is 14.4 Å². The monoisotopic (exact) mass is 211 g/mol. The van der Waals surface area contributed by atoms with Gasteiger partial charge in [0.05, 0.1) is 0 Å². The molecule has 0 aromatic heterocycles. The van der Waals surface area contributed by atoms with Crippen LogP contribution >= 0.6 is 0 Å². The minimum absolute atomic E-state index is 0.0296. The lowest BCUT2D eigenvalue weighted by molar-refractivity contribution is -0.132. The molecule has 0 aromatic rings. The molecular formula is C11H17NO3. The number of rotatable bonds is 3. The molecule has 4 nitrogen and oxygen atoms in total. The summed E-state index contributed by atoms with van der Waals surface area (Å²) in [6.45, 7) is 6.13. The molecule has 0 saturated carbocycles. The fraction of sp³-hybridized carbons (Fsp3) is 0.727. The van der Waals surface area contributed by atoms with Gasteiger partial charge in [-0.25, -0.2) is 0 Å². The smallest absolute Gasteiger partial charge is 0.237 e. The van der Waals surface area contributed by atoms with Gasteiger partial charge in [-0.15, -0.1) is 0 Å². The Balaban J connectivity index is 2.48. The van der Waals surface area contributed by atoms with Crippen LogP contribution in [0.4, 0.5) is 0 Å². The summed E-state index contributed by atoms with van der Waals surface area (Å²) in [5.41, 5.74) is 0.0781. The molecule has 0 bridgehead atoms. The lowest BCUT2D eigenvalue weighted by Crippen LogP contribution is -2.26. The number of Topliss-reactive ketones (excluding diaryl/α,β-unsaturated/α-hetero) is 1. The van der Waals surface area contributed by atoms with Gasteiger partial charge in [0.25, 0.3) is 0 Å². The maximum absolute atomic E-state index is 11.6. The van der Waals surface area contributed by atoms with Crippen LogP contribution in [0, 0.1) is 11.3 Å². The highest BCUT2D eigenvalue weighted by Crippen LogP contribution is 2.23. The SMILES string of the molecule is CC(C)(C)CCC(=O)C1CC(=O)NC1=O. The van der Waals surface area contributed by atoms with E-state index in [0.717, 1.165) is 6.42 Å². The lowest BCUT2D eigenvalue weighted by Gasteiger charge is -2.17. The number of hydrogen-bond acceptors (Lipinski definition) is 3. The van der Waals surface area contributed by atoms with Gasteiger partial charge in [-0.3, -0.25) is 19.7 Å². The molecule has 1 rings (SSSR count). The predicted molar refractivity (Wildman–Crippen MR) is 55.0 cm³/mol. The second-order valence-corrected chi connectivity index (χ2v) is 5.20. The van der Waals surface area contributed by atoms with E-state index in [4.69, 9.17) is 0 Å². The highest BCUT2D eigenvalue weighted by molar-refractivity contribution is 6.14. The topological polar surface area (TPSA) is 63.2 Å². The van der Waals surface area contributed by atoms with Gasteiger partial charge in [0, 0.05) is 12.8 Å². The molecule has 0 aliphatic carbocycles. The van der Waals surface area contributed by atoms with E-state index in [-0.39, 0.29) is 23.5 Å². The number of imide groups is 1. The zero-order valence-electron chi connectivity index (χ0n) is 9.42. The molecule has 0 radical (unpaired) electrons. The van der Waals surface area contributed by atoms with E-state index in [1.165, 1.54) is 0 Å². The molecule has 0 aromatic carbocycles. The number of hydrogen-bond donors (Lipinski definition) is 1. The Labute approximate surface area is 89.4 Å². The highest BCUT2D eigenvalue weighted by Gasteiger charge is 2.35. The van der Waals surface area contributed by atoms with Crippen molar-refractivity contribution in [2.24, 2.45) is 11.3 Å². The summed E-state index contributed by atoms with van der Waals surface area (Å²) >= 11 is 0. The minimum atomic E-state index is -0.736. The normalized spacial score (nSPS) is 21.7. The molecule has 0 spiro atoms. The second-order valence-electron chi connectivity index (χ2n) is 5.20. The average Bonchev–Trinajstić information content (AvgIpc) is 2.40. The third kappa shape index (κ3) is 3.46. The van der Waals surface area contributed by atoms with Gasteiger partial charge in [-0.05, 0) is 11.8 Å². The van der Waals surface area contributed by atoms with E-state index in [1.54, 1.807) is 0 Å². The maximum atomic E-state index is 11.6. The Morgan fingerprint density at radius 1 is 1.40 bits per heavy atom. The molecule has 1 aliphatic rings. The van der Waals surface area contributed by atoms with E-state index in [1.807, 2.05) is 20.8 Å². The van der Waals surface area contributed by atoms with Crippen LogP contribution in [0.3, 0.4) is 0 Å². The van der Waals surface area contributed by atoms with Crippen LogP contribution in [0.25, 0.3) is 0 Å². The fourth-order valence-electron chi connectivity index (χ4n) is 1.49. The number of amides is 2. The summed E-state index contributed by atoms with van der Waals surface area (Å²) in [5, 5.41) is 2.15. The van der Waals surface area contributed by atoms with Crippen LogP contribution in [0.15, 0.2) is 0 Å². The summed E-state index contributed by atoms with van der Waals surface area (Å²) in [7, 11) is 0. The fourth-order valence-corrected chi connectivity index (χ4v) is 1.49. The van der Waals surface area contributed by atoms with E-state index >= 15 is 0 Å². The summed E-state index contributed by atoms with van der Waals surface area (Å²) in [5.74, 6) is -1.62. The molecule has 1 fully saturated rings. The first-order chi connectivity index (χ1) is 6.79. The van der Waals surface area contributed by atoms with Crippen LogP contribution < -0.4 is 5.32 Å². The van der Waals surface area contributed by atoms with Gasteiger partial charge in [0.1, 0.15) is 11.7 Å². The predicted octanol–water partition coefficient (Wildman–Crippen LogP) is 1.04. The van der Waals surface area contributed by atoms with Crippen LogP contribution in [0.1, 0.15) is 40.0 Å². The van der Waals surface area contributed by atoms with Crippen molar-refractivity contribution in [2.45, 2.75) is 40.0 Å². The van der Waals surface area contributed by atoms with Crippen molar-refractivity contribution in [1.82, 2.24) is 5.32 Å². The van der Waals surface area contributed by atoms with Gasteiger partial charge in [-0.2, -0.15) is 0 Å². The zero-order chi connectivity index (χ0) is 11.6. The molecular weight excluding hydrogens is 194 g/mol. The molecule has 1 N–H and O–H groups in total. The number of ketones is 1.